The molecule has 0 aliphatic carbocycles. The third-order valence-corrected chi connectivity index (χ3v) is 7.76. The van der Waals surface area contributed by atoms with Crippen LogP contribution in [0.1, 0.15) is 44.0 Å². The molecule has 0 bridgehead atoms. The number of aryl methyl sites for hydroxylation is 2. The Labute approximate surface area is 160 Å². The lowest BCUT2D eigenvalue weighted by Crippen LogP contribution is -2.25. The first-order valence-corrected chi connectivity index (χ1v) is 10.8. The van der Waals surface area contributed by atoms with Crippen molar-refractivity contribution in [3.8, 4) is 11.3 Å². The number of H-pyrrole nitrogens is 1. The normalized spacial score (nSPS) is 19.9. The van der Waals surface area contributed by atoms with Crippen LogP contribution in [-0.2, 0) is 21.6 Å². The van der Waals surface area contributed by atoms with Gasteiger partial charge in [-0.1, -0.05) is 38.4 Å². The third-order valence-electron chi connectivity index (χ3n) is 4.93. The van der Waals surface area contributed by atoms with Crippen LogP contribution in [0.4, 0.5) is 0 Å². The number of pyridine rings is 1. The molecule has 0 amide bonds. The summed E-state index contributed by atoms with van der Waals surface area (Å²) in [4.78, 5) is 16.5. The van der Waals surface area contributed by atoms with Crippen molar-refractivity contribution in [1.29, 1.82) is 0 Å². The van der Waals surface area contributed by atoms with Crippen LogP contribution in [0.15, 0.2) is 32.3 Å². The van der Waals surface area contributed by atoms with Gasteiger partial charge in [0.15, 0.2) is 5.43 Å². The van der Waals surface area contributed by atoms with Gasteiger partial charge in [-0.3, -0.25) is 4.79 Å². The van der Waals surface area contributed by atoms with E-state index in [0.717, 1.165) is 28.8 Å². The molecule has 4 nitrogen and oxygen atoms in total. The predicted molar refractivity (Wildman–Crippen MR) is 109 cm³/mol. The molecule has 6 heteroatoms. The van der Waals surface area contributed by atoms with E-state index in [1.165, 1.54) is 13.1 Å². The minimum atomic E-state index is -2.61. The van der Waals surface area contributed by atoms with Crippen LogP contribution in [0.25, 0.3) is 11.3 Å². The number of nitrogens with zero attached hydrogens (tertiary/aromatic N) is 1. The quantitative estimate of drug-likeness (QED) is 0.764. The maximum Gasteiger partial charge on any atom is 0.199 e. The zero-order valence-electron chi connectivity index (χ0n) is 15.9. The highest BCUT2D eigenvalue weighted by molar-refractivity contribution is 7.93. The highest BCUT2D eigenvalue weighted by atomic mass is 35.5. The Morgan fingerprint density at radius 1 is 1.23 bits per heavy atom. The van der Waals surface area contributed by atoms with Crippen LogP contribution in [0.2, 0.25) is 5.02 Å². The van der Waals surface area contributed by atoms with Crippen molar-refractivity contribution in [1.82, 2.24) is 4.98 Å². The minimum Gasteiger partial charge on any atom is -0.357 e. The lowest BCUT2D eigenvalue weighted by Gasteiger charge is -2.23. The van der Waals surface area contributed by atoms with Crippen LogP contribution in [-0.4, -0.2) is 22.0 Å². The first kappa shape index (κ1) is 19.2. The summed E-state index contributed by atoms with van der Waals surface area (Å²) in [6, 6.07) is 5.53. The summed E-state index contributed by atoms with van der Waals surface area (Å²) in [5, 5.41) is 0.684. The molecule has 1 N–H and O–H groups in total. The Bertz CT molecular complexity index is 1050. The second kappa shape index (κ2) is 6.54. The molecular formula is C20H25ClN2O2S. The van der Waals surface area contributed by atoms with Crippen molar-refractivity contribution in [2.24, 2.45) is 4.36 Å². The van der Waals surface area contributed by atoms with Gasteiger partial charge in [0.1, 0.15) is 4.90 Å². The van der Waals surface area contributed by atoms with Gasteiger partial charge in [-0.15, -0.1) is 0 Å². The van der Waals surface area contributed by atoms with Gasteiger partial charge in [-0.05, 0) is 42.4 Å². The smallest absolute Gasteiger partial charge is 0.199 e. The number of halogens is 1. The fraction of sp³-hybridized carbons (Fsp3) is 0.450. The molecule has 0 unspecified atom stereocenters. The molecule has 0 saturated carbocycles. The fourth-order valence-electron chi connectivity index (χ4n) is 3.55. The molecule has 2 heterocycles. The lowest BCUT2D eigenvalue weighted by atomic mass is 9.85. The second-order valence-electron chi connectivity index (χ2n) is 7.88. The van der Waals surface area contributed by atoms with Crippen LogP contribution < -0.4 is 5.43 Å². The van der Waals surface area contributed by atoms with Crippen LogP contribution >= 0.6 is 11.6 Å². The average molecular weight is 393 g/mol. The van der Waals surface area contributed by atoms with E-state index < -0.39 is 9.73 Å². The van der Waals surface area contributed by atoms with Gasteiger partial charge in [0.2, 0.25) is 0 Å². The van der Waals surface area contributed by atoms with E-state index in [-0.39, 0.29) is 10.8 Å². The molecule has 26 heavy (non-hydrogen) atoms. The summed E-state index contributed by atoms with van der Waals surface area (Å²) in [5.41, 5.74) is 4.21. The second-order valence-corrected chi connectivity index (χ2v) is 10.8. The SMILES string of the molecule is CN=[S@@]1(=O)CCCc2[nH]c(-c3cc(Cl)c(C(C)(C)C)cc3C)cc(=O)c21. The van der Waals surface area contributed by atoms with Gasteiger partial charge in [0, 0.05) is 40.8 Å². The minimum absolute atomic E-state index is 0.0578. The molecule has 0 saturated heterocycles. The predicted octanol–water partition coefficient (Wildman–Crippen LogP) is 4.70. The zero-order valence-corrected chi connectivity index (χ0v) is 17.5. The van der Waals surface area contributed by atoms with Crippen molar-refractivity contribution < 1.29 is 4.21 Å². The molecule has 1 aliphatic heterocycles. The van der Waals surface area contributed by atoms with Crippen molar-refractivity contribution in [2.45, 2.75) is 50.8 Å². The highest BCUT2D eigenvalue weighted by Crippen LogP contribution is 2.35. The monoisotopic (exact) mass is 392 g/mol. The third kappa shape index (κ3) is 3.23. The van der Waals surface area contributed by atoms with Crippen molar-refractivity contribution in [3.63, 3.8) is 0 Å². The van der Waals surface area contributed by atoms with E-state index >= 15 is 0 Å². The summed E-state index contributed by atoms with van der Waals surface area (Å²) in [6.45, 7) is 8.39. The maximum atomic E-state index is 12.9. The largest absolute Gasteiger partial charge is 0.357 e. The molecule has 1 aromatic carbocycles. The van der Waals surface area contributed by atoms with Gasteiger partial charge >= 0.3 is 0 Å². The maximum absolute atomic E-state index is 12.9. The summed E-state index contributed by atoms with van der Waals surface area (Å²) in [5.74, 6) is 0.448. The summed E-state index contributed by atoms with van der Waals surface area (Å²) in [7, 11) is -1.08. The van der Waals surface area contributed by atoms with Gasteiger partial charge in [0.25, 0.3) is 0 Å². The fourth-order valence-corrected chi connectivity index (χ4v) is 6.01. The van der Waals surface area contributed by atoms with E-state index in [1.807, 2.05) is 13.0 Å². The van der Waals surface area contributed by atoms with E-state index in [4.69, 9.17) is 11.6 Å². The number of aromatic nitrogens is 1. The summed E-state index contributed by atoms with van der Waals surface area (Å²) < 4.78 is 17.0. The van der Waals surface area contributed by atoms with Crippen molar-refractivity contribution in [2.75, 3.05) is 12.8 Å². The number of hydrogen-bond donors (Lipinski definition) is 1. The molecule has 0 spiro atoms. The lowest BCUT2D eigenvalue weighted by molar-refractivity contribution is 0.590. The average Bonchev–Trinajstić information content (AvgIpc) is 2.55. The number of hydrogen-bond acceptors (Lipinski definition) is 3. The molecule has 1 aromatic heterocycles. The van der Waals surface area contributed by atoms with E-state index in [2.05, 4.69) is 36.2 Å². The van der Waals surface area contributed by atoms with Crippen molar-refractivity contribution >= 4 is 21.3 Å². The Balaban J connectivity index is 2.22. The van der Waals surface area contributed by atoms with E-state index in [1.54, 1.807) is 0 Å². The summed E-state index contributed by atoms with van der Waals surface area (Å²) in [6.07, 6.45) is 1.46. The van der Waals surface area contributed by atoms with Gasteiger partial charge < -0.3 is 4.98 Å². The number of nitrogens with one attached hydrogen (secondary N) is 1. The van der Waals surface area contributed by atoms with Crippen LogP contribution in [0, 0.1) is 6.92 Å². The first-order chi connectivity index (χ1) is 12.1. The molecule has 0 radical (unpaired) electrons. The zero-order chi connectivity index (χ0) is 19.3. The molecule has 1 aliphatic rings. The Morgan fingerprint density at radius 3 is 2.54 bits per heavy atom. The van der Waals surface area contributed by atoms with Crippen molar-refractivity contribution in [3.05, 3.63) is 50.3 Å². The van der Waals surface area contributed by atoms with Crippen LogP contribution in [0.3, 0.4) is 0 Å². The molecule has 140 valence electrons. The van der Waals surface area contributed by atoms with Gasteiger partial charge in [0.05, 0.1) is 9.73 Å². The Kier molecular flexibility index (Phi) is 4.82. The molecule has 0 fully saturated rings. The Morgan fingerprint density at radius 2 is 1.92 bits per heavy atom. The molecule has 3 rings (SSSR count). The summed E-state index contributed by atoms with van der Waals surface area (Å²) >= 11 is 6.53. The first-order valence-electron chi connectivity index (χ1n) is 8.77. The van der Waals surface area contributed by atoms with Gasteiger partial charge in [-0.25, -0.2) is 8.57 Å². The molecular weight excluding hydrogens is 368 g/mol. The van der Waals surface area contributed by atoms with E-state index in [0.29, 0.717) is 27.8 Å². The number of aromatic amines is 1. The molecule has 2 aromatic rings. The standard InChI is InChI=1S/C20H25ClN2O2S/c1-12-9-14(20(2,3)4)15(21)10-13(12)17-11-18(24)19-16(23-17)7-6-8-26(19,25)22-5/h9-11H,6-8H2,1-5H3,(H,23,24)/t26-/m1/s1. The Hall–Kier alpha value is -1.59. The van der Waals surface area contributed by atoms with E-state index in [9.17, 15) is 9.00 Å². The van der Waals surface area contributed by atoms with Gasteiger partial charge in [-0.2, -0.15) is 0 Å². The van der Waals surface area contributed by atoms with Crippen LogP contribution in [0.5, 0.6) is 0 Å². The highest BCUT2D eigenvalue weighted by Gasteiger charge is 2.26. The number of benzene rings is 1. The topological polar surface area (TPSA) is 62.3 Å². The number of rotatable bonds is 1. The molecule has 1 atom stereocenters. The number of fused-ring (bicyclic) bond motifs is 1.